The summed E-state index contributed by atoms with van der Waals surface area (Å²) in [5.41, 5.74) is 0.472. The number of hydrogen-bond donors (Lipinski definition) is 2. The molecular formula is C12H25BNO3PS. The predicted molar refractivity (Wildman–Crippen MR) is 84.3 cm³/mol. The molecule has 1 heterocycles. The fourth-order valence-electron chi connectivity index (χ4n) is 1.95. The van der Waals surface area contributed by atoms with Crippen molar-refractivity contribution >= 4 is 27.4 Å². The van der Waals surface area contributed by atoms with Crippen molar-refractivity contribution < 1.29 is 14.2 Å². The van der Waals surface area contributed by atoms with Gasteiger partial charge in [0.2, 0.25) is 0 Å². The maximum atomic E-state index is 5.97. The van der Waals surface area contributed by atoms with Crippen molar-refractivity contribution in [3.63, 3.8) is 0 Å². The van der Waals surface area contributed by atoms with Gasteiger partial charge in [0.15, 0.2) is 0 Å². The number of ether oxygens (including phenoxy) is 3. The van der Waals surface area contributed by atoms with Gasteiger partial charge in [-0.1, -0.05) is 13.8 Å². The maximum absolute atomic E-state index is 5.97. The van der Waals surface area contributed by atoms with Crippen LogP contribution in [-0.2, 0) is 14.2 Å². The Morgan fingerprint density at radius 1 is 1.37 bits per heavy atom. The monoisotopic (exact) mass is 305 g/mol. The van der Waals surface area contributed by atoms with Crippen LogP contribution < -0.4 is 5.09 Å². The third kappa shape index (κ3) is 5.18. The van der Waals surface area contributed by atoms with Crippen molar-refractivity contribution in [1.29, 1.82) is 0 Å². The third-order valence-electron chi connectivity index (χ3n) is 3.05. The lowest BCUT2D eigenvalue weighted by atomic mass is 9.92. The molecule has 1 aliphatic heterocycles. The number of methoxy groups -OCH3 is 1. The second-order valence-electron chi connectivity index (χ2n) is 5.31. The summed E-state index contributed by atoms with van der Waals surface area (Å²) in [5, 5.41) is 3.50. The van der Waals surface area contributed by atoms with Crippen LogP contribution >= 0.6 is 19.5 Å². The molecular weight excluding hydrogens is 280 g/mol. The lowest BCUT2D eigenvalue weighted by molar-refractivity contribution is -0.0228. The molecule has 1 N–H and O–H groups in total. The van der Waals surface area contributed by atoms with Crippen molar-refractivity contribution in [2.45, 2.75) is 63.7 Å². The van der Waals surface area contributed by atoms with E-state index in [0.717, 1.165) is 0 Å². The Bertz CT molecular complexity index is 273. The minimum absolute atomic E-state index is 0.0183. The Kier molecular flexibility index (Phi) is 7.66. The van der Waals surface area contributed by atoms with Gasteiger partial charge in [-0.05, 0) is 19.5 Å². The van der Waals surface area contributed by atoms with Gasteiger partial charge in [0.05, 0.1) is 31.0 Å². The summed E-state index contributed by atoms with van der Waals surface area (Å²) in [5.74, 6) is 0. The van der Waals surface area contributed by atoms with Crippen LogP contribution in [0.15, 0.2) is 0 Å². The zero-order chi connectivity index (χ0) is 14.6. The Morgan fingerprint density at radius 3 is 2.47 bits per heavy atom. The normalized spacial score (nSPS) is 33.3. The molecule has 19 heavy (non-hydrogen) atoms. The first-order valence-electron chi connectivity index (χ1n) is 6.66. The van der Waals surface area contributed by atoms with E-state index >= 15 is 0 Å². The molecule has 0 aliphatic carbocycles. The molecule has 0 spiro atoms. The molecule has 7 heteroatoms. The summed E-state index contributed by atoms with van der Waals surface area (Å²) < 4.78 is 16.9. The summed E-state index contributed by atoms with van der Waals surface area (Å²) in [7, 11) is 7.04. The molecule has 4 nitrogen and oxygen atoms in total. The van der Waals surface area contributed by atoms with Crippen molar-refractivity contribution in [2.24, 2.45) is 0 Å². The van der Waals surface area contributed by atoms with Crippen LogP contribution in [0.4, 0.5) is 0 Å². The summed E-state index contributed by atoms with van der Waals surface area (Å²) in [4.78, 5) is 0. The number of thiol groups is 1. The quantitative estimate of drug-likeness (QED) is 0.428. The average molecular weight is 305 g/mol. The van der Waals surface area contributed by atoms with Gasteiger partial charge in [-0.25, -0.2) is 0 Å². The van der Waals surface area contributed by atoms with Crippen molar-refractivity contribution in [3.05, 3.63) is 0 Å². The van der Waals surface area contributed by atoms with E-state index in [2.05, 4.69) is 31.2 Å². The van der Waals surface area contributed by atoms with Gasteiger partial charge in [-0.2, -0.15) is 0 Å². The molecule has 0 saturated carbocycles. The summed E-state index contributed by atoms with van der Waals surface area (Å²) in [6.07, 6.45) is -0.0976. The van der Waals surface area contributed by atoms with E-state index in [1.54, 1.807) is 7.11 Å². The van der Waals surface area contributed by atoms with Crippen LogP contribution in [0.3, 0.4) is 0 Å². The lowest BCUT2D eigenvalue weighted by Gasteiger charge is -2.28. The van der Waals surface area contributed by atoms with Gasteiger partial charge < -0.3 is 14.2 Å². The van der Waals surface area contributed by atoms with E-state index in [1.165, 1.54) is 0 Å². The SMILES string of the molecule is [B]C1OC(COC(C)C)C(NP(S)C(C)C)C1OC. The van der Waals surface area contributed by atoms with Crippen molar-refractivity contribution in [3.8, 4) is 0 Å². The Balaban J connectivity index is 2.66. The fourth-order valence-corrected chi connectivity index (χ4v) is 3.27. The Morgan fingerprint density at radius 2 is 2.00 bits per heavy atom. The number of rotatable bonds is 7. The third-order valence-corrected chi connectivity index (χ3v) is 6.32. The highest BCUT2D eigenvalue weighted by Gasteiger charge is 2.43. The van der Waals surface area contributed by atoms with Gasteiger partial charge in [-0.15, -0.1) is 12.2 Å². The number of nitrogens with one attached hydrogen (secondary N) is 1. The predicted octanol–water partition coefficient (Wildman–Crippen LogP) is 1.93. The van der Waals surface area contributed by atoms with Crippen LogP contribution in [0.5, 0.6) is 0 Å². The van der Waals surface area contributed by atoms with Gasteiger partial charge in [0.25, 0.3) is 0 Å². The molecule has 1 rings (SSSR count). The summed E-state index contributed by atoms with van der Waals surface area (Å²) >= 11 is 4.62. The van der Waals surface area contributed by atoms with Gasteiger partial charge in [0, 0.05) is 20.4 Å². The van der Waals surface area contributed by atoms with Crippen molar-refractivity contribution in [1.82, 2.24) is 5.09 Å². The zero-order valence-corrected chi connectivity index (χ0v) is 14.2. The largest absolute Gasteiger partial charge is 0.378 e. The highest BCUT2D eigenvalue weighted by atomic mass is 32.7. The molecule has 0 amide bonds. The van der Waals surface area contributed by atoms with E-state index in [1.807, 2.05) is 13.8 Å². The minimum Gasteiger partial charge on any atom is -0.378 e. The highest BCUT2D eigenvalue weighted by molar-refractivity contribution is 8.44. The van der Waals surface area contributed by atoms with E-state index in [-0.39, 0.29) is 24.4 Å². The fraction of sp³-hybridized carbons (Fsp3) is 1.00. The van der Waals surface area contributed by atoms with Crippen LogP contribution in [-0.4, -0.2) is 57.6 Å². The maximum Gasteiger partial charge on any atom is 0.112 e. The van der Waals surface area contributed by atoms with E-state index in [4.69, 9.17) is 22.1 Å². The molecule has 0 aromatic heterocycles. The van der Waals surface area contributed by atoms with Gasteiger partial charge >= 0.3 is 0 Å². The molecule has 0 aromatic carbocycles. The zero-order valence-electron chi connectivity index (χ0n) is 12.4. The molecule has 2 radical (unpaired) electrons. The van der Waals surface area contributed by atoms with Crippen LogP contribution in [0.25, 0.3) is 0 Å². The smallest absolute Gasteiger partial charge is 0.112 e. The molecule has 5 atom stereocenters. The van der Waals surface area contributed by atoms with E-state index in [0.29, 0.717) is 12.3 Å². The topological polar surface area (TPSA) is 39.7 Å². The summed E-state index contributed by atoms with van der Waals surface area (Å²) in [6, 6.07) is -0.406. The average Bonchev–Trinajstić information content (AvgIpc) is 2.62. The van der Waals surface area contributed by atoms with Crippen molar-refractivity contribution in [2.75, 3.05) is 13.7 Å². The van der Waals surface area contributed by atoms with E-state index in [9.17, 15) is 0 Å². The molecule has 1 aliphatic rings. The van der Waals surface area contributed by atoms with Crippen LogP contribution in [0.2, 0.25) is 0 Å². The number of hydrogen-bond acceptors (Lipinski definition) is 5. The Labute approximate surface area is 124 Å². The molecule has 0 aromatic rings. The molecule has 0 bridgehead atoms. The standard InChI is InChI=1S/C12H25BNO3PS/c1-7(2)16-6-9-10(14-18(19)8(3)4)11(15-5)12(13)17-9/h7-12,14,19H,6H2,1-5H3. The summed E-state index contributed by atoms with van der Waals surface area (Å²) in [6.45, 7) is 8.80. The van der Waals surface area contributed by atoms with Gasteiger partial charge in [0.1, 0.15) is 7.85 Å². The highest BCUT2D eigenvalue weighted by Crippen LogP contribution is 2.43. The Hall–Kier alpha value is 0.685. The molecule has 1 fully saturated rings. The first-order valence-corrected chi connectivity index (χ1v) is 9.22. The van der Waals surface area contributed by atoms with Crippen LogP contribution in [0, 0.1) is 0 Å². The van der Waals surface area contributed by atoms with E-state index < -0.39 is 13.3 Å². The molecule has 1 saturated heterocycles. The second-order valence-corrected chi connectivity index (χ2v) is 8.59. The lowest BCUT2D eigenvalue weighted by Crippen LogP contribution is -2.45. The first kappa shape index (κ1) is 17.7. The minimum atomic E-state index is -0.581. The first-order chi connectivity index (χ1) is 8.86. The molecule has 5 unspecified atom stereocenters. The van der Waals surface area contributed by atoms with Gasteiger partial charge in [-0.3, -0.25) is 5.09 Å². The van der Waals surface area contributed by atoms with Crippen LogP contribution in [0.1, 0.15) is 27.7 Å². The molecule has 110 valence electrons. The second kappa shape index (κ2) is 8.21.